The van der Waals surface area contributed by atoms with Gasteiger partial charge in [0.05, 0.1) is 11.4 Å². The monoisotopic (exact) mass is 198 g/mol. The van der Waals surface area contributed by atoms with Gasteiger partial charge >= 0.3 is 0 Å². The number of hydrogen-bond donors (Lipinski definition) is 1. The molecule has 13 heavy (non-hydrogen) atoms. The van der Waals surface area contributed by atoms with Crippen LogP contribution in [0.3, 0.4) is 0 Å². The van der Waals surface area contributed by atoms with E-state index in [1.54, 1.807) is 6.20 Å². The zero-order valence-corrected chi connectivity index (χ0v) is 8.30. The highest BCUT2D eigenvalue weighted by Crippen LogP contribution is 1.99. The largest absolute Gasteiger partial charge is 0.330 e. The molecule has 0 amide bonds. The molecule has 4 heteroatoms. The fourth-order valence-electron chi connectivity index (χ4n) is 0.965. The van der Waals surface area contributed by atoms with Gasteiger partial charge in [-0.25, -0.2) is 0 Å². The Bertz CT molecular complexity index is 264. The molecule has 0 fully saturated rings. The Morgan fingerprint density at radius 1 is 1.46 bits per heavy atom. The Labute approximate surface area is 80.8 Å². The van der Waals surface area contributed by atoms with E-state index in [1.165, 1.54) is 0 Å². The van der Waals surface area contributed by atoms with E-state index in [9.17, 15) is 4.21 Å². The van der Waals surface area contributed by atoms with Crippen molar-refractivity contribution in [2.75, 3.05) is 12.3 Å². The number of hydrogen-bond acceptors (Lipinski definition) is 3. The van der Waals surface area contributed by atoms with Gasteiger partial charge in [0.1, 0.15) is 0 Å². The van der Waals surface area contributed by atoms with E-state index in [4.69, 9.17) is 5.73 Å². The molecule has 0 spiro atoms. The molecular formula is C9H14N2OS. The molecule has 0 aromatic carbocycles. The Balaban J connectivity index is 2.37. The molecule has 2 N–H and O–H groups in total. The summed E-state index contributed by atoms with van der Waals surface area (Å²) in [6.07, 6.45) is 2.54. The molecule has 1 rings (SSSR count). The lowest BCUT2D eigenvalue weighted by atomic mass is 10.4. The summed E-state index contributed by atoms with van der Waals surface area (Å²) in [6, 6.07) is 5.65. The molecule has 0 aliphatic rings. The van der Waals surface area contributed by atoms with Crippen LogP contribution in [0.5, 0.6) is 0 Å². The predicted molar refractivity (Wildman–Crippen MR) is 54.6 cm³/mol. The number of nitrogens with two attached hydrogens (primary N) is 1. The number of nitrogens with zero attached hydrogens (tertiary/aromatic N) is 1. The highest BCUT2D eigenvalue weighted by Gasteiger charge is 2.00. The van der Waals surface area contributed by atoms with Crippen molar-refractivity contribution in [3.05, 3.63) is 30.1 Å². The molecule has 0 aliphatic heterocycles. The molecule has 72 valence electrons. The van der Waals surface area contributed by atoms with Gasteiger partial charge in [-0.2, -0.15) is 0 Å². The highest BCUT2D eigenvalue weighted by atomic mass is 32.2. The van der Waals surface area contributed by atoms with Gasteiger partial charge in [0.25, 0.3) is 0 Å². The minimum Gasteiger partial charge on any atom is -0.330 e. The van der Waals surface area contributed by atoms with Crippen molar-refractivity contribution in [1.29, 1.82) is 0 Å². The van der Waals surface area contributed by atoms with Gasteiger partial charge in [-0.15, -0.1) is 0 Å². The first-order chi connectivity index (χ1) is 6.33. The van der Waals surface area contributed by atoms with E-state index >= 15 is 0 Å². The summed E-state index contributed by atoms with van der Waals surface area (Å²) in [7, 11) is -0.813. The Hall–Kier alpha value is -0.740. The molecule has 3 nitrogen and oxygen atoms in total. The third-order valence-electron chi connectivity index (χ3n) is 1.61. The van der Waals surface area contributed by atoms with Gasteiger partial charge in [0.15, 0.2) is 0 Å². The van der Waals surface area contributed by atoms with Gasteiger partial charge in [0, 0.05) is 22.7 Å². The summed E-state index contributed by atoms with van der Waals surface area (Å²) in [6.45, 7) is 0.605. The van der Waals surface area contributed by atoms with Crippen molar-refractivity contribution in [3.63, 3.8) is 0 Å². The lowest BCUT2D eigenvalue weighted by Gasteiger charge is -1.99. The van der Waals surface area contributed by atoms with Crippen molar-refractivity contribution < 1.29 is 4.21 Å². The Kier molecular flexibility index (Phi) is 4.64. The number of pyridine rings is 1. The maximum atomic E-state index is 11.4. The first-order valence-electron chi connectivity index (χ1n) is 4.28. The van der Waals surface area contributed by atoms with Crippen LogP contribution in [-0.2, 0) is 16.6 Å². The topological polar surface area (TPSA) is 56.0 Å². The average Bonchev–Trinajstić information content (AvgIpc) is 2.16. The van der Waals surface area contributed by atoms with Crippen molar-refractivity contribution in [2.45, 2.75) is 12.2 Å². The van der Waals surface area contributed by atoms with Gasteiger partial charge in [-0.05, 0) is 25.1 Å². The molecule has 1 unspecified atom stereocenters. The van der Waals surface area contributed by atoms with Crippen molar-refractivity contribution in [2.24, 2.45) is 5.73 Å². The minimum absolute atomic E-state index is 0.542. The van der Waals surface area contributed by atoms with Gasteiger partial charge < -0.3 is 5.73 Å². The minimum atomic E-state index is -0.813. The molecular weight excluding hydrogens is 184 g/mol. The standard InChI is InChI=1S/C9H14N2OS/c10-5-3-7-13(12)8-9-4-1-2-6-11-9/h1-2,4,6H,3,5,7-8,10H2. The van der Waals surface area contributed by atoms with Crippen LogP contribution in [0, 0.1) is 0 Å². The zero-order valence-electron chi connectivity index (χ0n) is 7.48. The van der Waals surface area contributed by atoms with Crippen LogP contribution in [0.4, 0.5) is 0 Å². The second-order valence-electron chi connectivity index (χ2n) is 2.75. The molecule has 0 aliphatic carbocycles. The summed E-state index contributed by atoms with van der Waals surface area (Å²) in [5.74, 6) is 1.22. The maximum absolute atomic E-state index is 11.4. The summed E-state index contributed by atoms with van der Waals surface area (Å²) < 4.78 is 11.4. The first kappa shape index (κ1) is 10.3. The molecule has 1 aromatic heterocycles. The SMILES string of the molecule is NCCCS(=O)Cc1ccccn1. The second kappa shape index (κ2) is 5.83. The Morgan fingerprint density at radius 3 is 2.92 bits per heavy atom. The van der Waals surface area contributed by atoms with Crippen LogP contribution in [0.1, 0.15) is 12.1 Å². The summed E-state index contributed by atoms with van der Waals surface area (Å²) in [4.78, 5) is 4.10. The smallest absolute Gasteiger partial charge is 0.0658 e. The van der Waals surface area contributed by atoms with Crippen molar-refractivity contribution in [1.82, 2.24) is 4.98 Å². The fourth-order valence-corrected chi connectivity index (χ4v) is 2.10. The summed E-state index contributed by atoms with van der Waals surface area (Å²) >= 11 is 0. The van der Waals surface area contributed by atoms with E-state index in [0.717, 1.165) is 12.1 Å². The van der Waals surface area contributed by atoms with Crippen LogP contribution in [-0.4, -0.2) is 21.5 Å². The summed E-state index contributed by atoms with van der Waals surface area (Å²) in [5.41, 5.74) is 6.21. The average molecular weight is 198 g/mol. The van der Waals surface area contributed by atoms with Gasteiger partial charge in [-0.3, -0.25) is 9.19 Å². The molecule has 0 saturated heterocycles. The van der Waals surface area contributed by atoms with E-state index in [-0.39, 0.29) is 0 Å². The lowest BCUT2D eigenvalue weighted by molar-refractivity contribution is 0.679. The molecule has 0 saturated carbocycles. The zero-order chi connectivity index (χ0) is 9.52. The normalized spacial score (nSPS) is 12.7. The van der Waals surface area contributed by atoms with Crippen LogP contribution >= 0.6 is 0 Å². The molecule has 1 aromatic rings. The van der Waals surface area contributed by atoms with Crippen molar-refractivity contribution in [3.8, 4) is 0 Å². The van der Waals surface area contributed by atoms with Gasteiger partial charge in [0.2, 0.25) is 0 Å². The first-order valence-corrected chi connectivity index (χ1v) is 5.76. The molecule has 1 atom stereocenters. The fraction of sp³-hybridized carbons (Fsp3) is 0.444. The van der Waals surface area contributed by atoms with Gasteiger partial charge in [-0.1, -0.05) is 6.07 Å². The van der Waals surface area contributed by atoms with Crippen LogP contribution in [0.15, 0.2) is 24.4 Å². The second-order valence-corrected chi connectivity index (χ2v) is 4.33. The molecule has 0 radical (unpaired) electrons. The summed E-state index contributed by atoms with van der Waals surface area (Å²) in [5, 5.41) is 0. The quantitative estimate of drug-likeness (QED) is 0.757. The molecule has 0 bridgehead atoms. The third-order valence-corrected chi connectivity index (χ3v) is 2.97. The predicted octanol–water partition coefficient (Wildman–Crippen LogP) is 0.679. The maximum Gasteiger partial charge on any atom is 0.0658 e. The van der Waals surface area contributed by atoms with Crippen LogP contribution < -0.4 is 5.73 Å². The van der Waals surface area contributed by atoms with Crippen LogP contribution in [0.25, 0.3) is 0 Å². The molecule has 1 heterocycles. The van der Waals surface area contributed by atoms with Crippen LogP contribution in [0.2, 0.25) is 0 Å². The number of rotatable bonds is 5. The van der Waals surface area contributed by atoms with Crippen molar-refractivity contribution >= 4 is 10.8 Å². The lowest BCUT2D eigenvalue weighted by Crippen LogP contribution is -2.07. The van der Waals surface area contributed by atoms with E-state index in [0.29, 0.717) is 18.1 Å². The van der Waals surface area contributed by atoms with E-state index in [2.05, 4.69) is 4.98 Å². The van der Waals surface area contributed by atoms with E-state index < -0.39 is 10.8 Å². The highest BCUT2D eigenvalue weighted by molar-refractivity contribution is 7.84. The Morgan fingerprint density at radius 2 is 2.31 bits per heavy atom. The van der Waals surface area contributed by atoms with E-state index in [1.807, 2.05) is 18.2 Å². The third kappa shape index (κ3) is 4.15. The number of aromatic nitrogens is 1.